The zero-order valence-electron chi connectivity index (χ0n) is 8.47. The van der Waals surface area contributed by atoms with Crippen molar-refractivity contribution >= 4 is 12.4 Å². The summed E-state index contributed by atoms with van der Waals surface area (Å²) < 4.78 is 26.5. The molecule has 5 heteroatoms. The van der Waals surface area contributed by atoms with Gasteiger partial charge in [-0.15, -0.1) is 12.4 Å². The topological polar surface area (TPSA) is 52.0 Å². The fourth-order valence-electron chi connectivity index (χ4n) is 1.28. The SMILES string of the molecule is Cc1ccc([C@H](N)CCN)c(F)c1F.Cl. The van der Waals surface area contributed by atoms with Gasteiger partial charge in [0.2, 0.25) is 0 Å². The van der Waals surface area contributed by atoms with Crippen LogP contribution >= 0.6 is 12.4 Å². The van der Waals surface area contributed by atoms with Gasteiger partial charge in [0.1, 0.15) is 0 Å². The first-order valence-electron chi connectivity index (χ1n) is 4.48. The van der Waals surface area contributed by atoms with Gasteiger partial charge in [0, 0.05) is 11.6 Å². The van der Waals surface area contributed by atoms with Gasteiger partial charge in [-0.05, 0) is 25.5 Å². The van der Waals surface area contributed by atoms with E-state index in [0.29, 0.717) is 13.0 Å². The molecule has 0 spiro atoms. The monoisotopic (exact) mass is 236 g/mol. The second-order valence-electron chi connectivity index (χ2n) is 3.28. The molecule has 1 atom stereocenters. The predicted molar refractivity (Wildman–Crippen MR) is 58.9 cm³/mol. The Hall–Kier alpha value is -0.710. The van der Waals surface area contributed by atoms with Gasteiger partial charge in [0.15, 0.2) is 11.6 Å². The van der Waals surface area contributed by atoms with Crippen LogP contribution in [0, 0.1) is 18.6 Å². The van der Waals surface area contributed by atoms with Gasteiger partial charge in [-0.1, -0.05) is 12.1 Å². The van der Waals surface area contributed by atoms with E-state index in [2.05, 4.69) is 0 Å². The van der Waals surface area contributed by atoms with Crippen molar-refractivity contribution in [2.45, 2.75) is 19.4 Å². The summed E-state index contributed by atoms with van der Waals surface area (Å²) in [5.41, 5.74) is 11.4. The molecule has 0 unspecified atom stereocenters. The van der Waals surface area contributed by atoms with E-state index in [-0.39, 0.29) is 23.5 Å². The normalized spacial score (nSPS) is 12.1. The summed E-state index contributed by atoms with van der Waals surface area (Å²) in [7, 11) is 0. The van der Waals surface area contributed by atoms with Crippen molar-refractivity contribution in [3.63, 3.8) is 0 Å². The molecule has 86 valence electrons. The van der Waals surface area contributed by atoms with Gasteiger partial charge >= 0.3 is 0 Å². The molecule has 2 nitrogen and oxygen atoms in total. The molecule has 0 fully saturated rings. The van der Waals surface area contributed by atoms with Crippen LogP contribution in [-0.2, 0) is 0 Å². The van der Waals surface area contributed by atoms with Crippen LogP contribution in [0.1, 0.15) is 23.6 Å². The molecule has 1 rings (SSSR count). The first kappa shape index (κ1) is 14.3. The minimum Gasteiger partial charge on any atom is -0.330 e. The third kappa shape index (κ3) is 3.12. The van der Waals surface area contributed by atoms with Crippen LogP contribution < -0.4 is 11.5 Å². The maximum atomic E-state index is 13.3. The lowest BCUT2D eigenvalue weighted by Crippen LogP contribution is -2.17. The number of hydrogen-bond donors (Lipinski definition) is 2. The Kier molecular flexibility index (Phi) is 5.72. The molecule has 1 aromatic rings. The molecule has 0 aliphatic carbocycles. The molecule has 0 aliphatic rings. The van der Waals surface area contributed by atoms with Crippen LogP contribution in [-0.4, -0.2) is 6.54 Å². The van der Waals surface area contributed by atoms with E-state index in [0.717, 1.165) is 0 Å². The molecule has 1 aromatic carbocycles. The third-order valence-electron chi connectivity index (χ3n) is 2.18. The maximum absolute atomic E-state index is 13.3. The molecule has 0 aliphatic heterocycles. The molecular formula is C10H15ClF2N2. The molecule has 15 heavy (non-hydrogen) atoms. The Bertz CT molecular complexity index is 331. The summed E-state index contributed by atoms with van der Waals surface area (Å²) in [4.78, 5) is 0. The van der Waals surface area contributed by atoms with Crippen molar-refractivity contribution in [1.29, 1.82) is 0 Å². The second kappa shape index (κ2) is 6.00. The average molecular weight is 237 g/mol. The number of halogens is 3. The summed E-state index contributed by atoms with van der Waals surface area (Å²) in [6.45, 7) is 1.87. The minimum atomic E-state index is -0.856. The largest absolute Gasteiger partial charge is 0.330 e. The number of rotatable bonds is 3. The van der Waals surface area contributed by atoms with E-state index < -0.39 is 17.7 Å². The van der Waals surface area contributed by atoms with Crippen molar-refractivity contribution in [2.24, 2.45) is 11.5 Å². The first-order chi connectivity index (χ1) is 6.57. The van der Waals surface area contributed by atoms with E-state index in [1.807, 2.05) is 0 Å². The highest BCUT2D eigenvalue weighted by Crippen LogP contribution is 2.21. The standard InChI is InChI=1S/C10H14F2N2.ClH/c1-6-2-3-7(8(14)4-5-13)10(12)9(6)11;/h2-3,8H,4-5,13-14H2,1H3;1H/t8-;/m1./s1. The number of aryl methyl sites for hydroxylation is 1. The van der Waals surface area contributed by atoms with E-state index in [1.165, 1.54) is 19.1 Å². The lowest BCUT2D eigenvalue weighted by molar-refractivity contribution is 0.480. The first-order valence-corrected chi connectivity index (χ1v) is 4.48. The van der Waals surface area contributed by atoms with Crippen molar-refractivity contribution in [3.05, 3.63) is 34.9 Å². The van der Waals surface area contributed by atoms with Crippen LogP contribution in [0.4, 0.5) is 8.78 Å². The quantitative estimate of drug-likeness (QED) is 0.844. The molecular weight excluding hydrogens is 222 g/mol. The Morgan fingerprint density at radius 3 is 2.40 bits per heavy atom. The zero-order chi connectivity index (χ0) is 10.7. The fourth-order valence-corrected chi connectivity index (χ4v) is 1.28. The average Bonchev–Trinajstić information content (AvgIpc) is 2.15. The van der Waals surface area contributed by atoms with Crippen LogP contribution in [0.5, 0.6) is 0 Å². The highest BCUT2D eigenvalue weighted by Gasteiger charge is 2.15. The smallest absolute Gasteiger partial charge is 0.163 e. The number of nitrogens with two attached hydrogens (primary N) is 2. The van der Waals surface area contributed by atoms with Crippen LogP contribution in [0.2, 0.25) is 0 Å². The minimum absolute atomic E-state index is 0. The zero-order valence-corrected chi connectivity index (χ0v) is 9.28. The highest BCUT2D eigenvalue weighted by molar-refractivity contribution is 5.85. The molecule has 0 heterocycles. The molecule has 0 amide bonds. The molecule has 0 aromatic heterocycles. The van der Waals surface area contributed by atoms with Gasteiger partial charge in [0.25, 0.3) is 0 Å². The molecule has 4 N–H and O–H groups in total. The van der Waals surface area contributed by atoms with Crippen molar-refractivity contribution in [1.82, 2.24) is 0 Å². The number of benzene rings is 1. The Balaban J connectivity index is 0.00000196. The Morgan fingerprint density at radius 1 is 1.27 bits per heavy atom. The van der Waals surface area contributed by atoms with Crippen LogP contribution in [0.15, 0.2) is 12.1 Å². The lowest BCUT2D eigenvalue weighted by Gasteiger charge is -2.12. The lowest BCUT2D eigenvalue weighted by atomic mass is 10.0. The maximum Gasteiger partial charge on any atom is 0.163 e. The summed E-state index contributed by atoms with van der Waals surface area (Å²) >= 11 is 0. The second-order valence-corrected chi connectivity index (χ2v) is 3.28. The molecule has 0 saturated carbocycles. The van der Waals surface area contributed by atoms with Crippen molar-refractivity contribution in [2.75, 3.05) is 6.54 Å². The van der Waals surface area contributed by atoms with Gasteiger partial charge in [-0.25, -0.2) is 8.78 Å². The molecule has 0 radical (unpaired) electrons. The van der Waals surface area contributed by atoms with Gasteiger partial charge < -0.3 is 11.5 Å². The third-order valence-corrected chi connectivity index (χ3v) is 2.18. The van der Waals surface area contributed by atoms with E-state index in [1.54, 1.807) is 0 Å². The molecule has 0 bridgehead atoms. The van der Waals surface area contributed by atoms with Gasteiger partial charge in [-0.2, -0.15) is 0 Å². The van der Waals surface area contributed by atoms with E-state index >= 15 is 0 Å². The van der Waals surface area contributed by atoms with Crippen molar-refractivity contribution < 1.29 is 8.78 Å². The van der Waals surface area contributed by atoms with Crippen molar-refractivity contribution in [3.8, 4) is 0 Å². The van der Waals surface area contributed by atoms with Gasteiger partial charge in [0.05, 0.1) is 0 Å². The Labute approximate surface area is 94.1 Å². The fraction of sp³-hybridized carbons (Fsp3) is 0.400. The summed E-state index contributed by atoms with van der Waals surface area (Å²) in [5.74, 6) is -1.68. The van der Waals surface area contributed by atoms with Gasteiger partial charge in [-0.3, -0.25) is 0 Å². The predicted octanol–water partition coefficient (Wildman–Crippen LogP) is 2.04. The van der Waals surface area contributed by atoms with E-state index in [9.17, 15) is 8.78 Å². The summed E-state index contributed by atoms with van der Waals surface area (Å²) in [5, 5.41) is 0. The van der Waals surface area contributed by atoms with Crippen LogP contribution in [0.3, 0.4) is 0 Å². The Morgan fingerprint density at radius 2 is 1.87 bits per heavy atom. The highest BCUT2D eigenvalue weighted by atomic mass is 35.5. The van der Waals surface area contributed by atoms with E-state index in [4.69, 9.17) is 11.5 Å². The number of hydrogen-bond acceptors (Lipinski definition) is 2. The molecule has 0 saturated heterocycles. The summed E-state index contributed by atoms with van der Waals surface area (Å²) in [6.07, 6.45) is 0.444. The van der Waals surface area contributed by atoms with Crippen LogP contribution in [0.25, 0.3) is 0 Å². The summed E-state index contributed by atoms with van der Waals surface area (Å²) in [6, 6.07) is 2.49.